The van der Waals surface area contributed by atoms with Gasteiger partial charge in [-0.25, -0.2) is 15.0 Å². The standard InChI is InChI=1S/C46H31N3O/c1-30-14-8-9-21-36(30)38-22-10-11-23-39(38)46-48-44(32-17-6-3-7-18-32)47-45(49-46)35-26-27-40-42(29-35)50-41-25-13-24-37(43(40)41)34-20-12-19-33(28-34)31-15-4-2-5-16-31/h2-29H,1H3. The van der Waals surface area contributed by atoms with E-state index in [-0.39, 0.29) is 0 Å². The van der Waals surface area contributed by atoms with Gasteiger partial charge in [0, 0.05) is 27.5 Å². The molecule has 0 saturated heterocycles. The molecule has 2 aromatic heterocycles. The maximum Gasteiger partial charge on any atom is 0.164 e. The summed E-state index contributed by atoms with van der Waals surface area (Å²) in [6.45, 7) is 2.13. The van der Waals surface area contributed by atoms with Gasteiger partial charge >= 0.3 is 0 Å². The molecule has 2 heterocycles. The molecule has 7 aromatic carbocycles. The van der Waals surface area contributed by atoms with Crippen molar-refractivity contribution in [3.63, 3.8) is 0 Å². The highest BCUT2D eigenvalue weighted by Crippen LogP contribution is 2.40. The van der Waals surface area contributed by atoms with Gasteiger partial charge in [0.05, 0.1) is 0 Å². The largest absolute Gasteiger partial charge is 0.456 e. The molecular formula is C46H31N3O. The molecule has 0 spiro atoms. The Bertz CT molecular complexity index is 2660. The summed E-state index contributed by atoms with van der Waals surface area (Å²) in [6.07, 6.45) is 0. The summed E-state index contributed by atoms with van der Waals surface area (Å²) in [7, 11) is 0. The van der Waals surface area contributed by atoms with E-state index in [0.29, 0.717) is 17.5 Å². The normalized spacial score (nSPS) is 11.3. The van der Waals surface area contributed by atoms with Crippen LogP contribution in [0, 0.1) is 6.92 Å². The van der Waals surface area contributed by atoms with E-state index in [1.54, 1.807) is 0 Å². The monoisotopic (exact) mass is 641 g/mol. The summed E-state index contributed by atoms with van der Waals surface area (Å²) in [5, 5.41) is 2.14. The first-order valence-electron chi connectivity index (χ1n) is 16.8. The number of aryl methyl sites for hydroxylation is 1. The van der Waals surface area contributed by atoms with E-state index >= 15 is 0 Å². The lowest BCUT2D eigenvalue weighted by Crippen LogP contribution is -2.01. The molecule has 0 amide bonds. The van der Waals surface area contributed by atoms with Crippen molar-refractivity contribution in [2.45, 2.75) is 6.92 Å². The van der Waals surface area contributed by atoms with Crippen LogP contribution in [-0.4, -0.2) is 15.0 Å². The Labute approximate surface area is 290 Å². The highest BCUT2D eigenvalue weighted by molar-refractivity contribution is 6.13. The predicted octanol–water partition coefficient (Wildman–Crippen LogP) is 12.1. The van der Waals surface area contributed by atoms with Crippen LogP contribution in [0.1, 0.15) is 5.56 Å². The Hall–Kier alpha value is -6.65. The van der Waals surface area contributed by atoms with E-state index in [0.717, 1.165) is 60.9 Å². The van der Waals surface area contributed by atoms with Gasteiger partial charge in [0.25, 0.3) is 0 Å². The summed E-state index contributed by atoms with van der Waals surface area (Å²) in [5.74, 6) is 1.83. The van der Waals surface area contributed by atoms with Gasteiger partial charge in [-0.1, -0.05) is 146 Å². The van der Waals surface area contributed by atoms with Crippen LogP contribution < -0.4 is 0 Å². The van der Waals surface area contributed by atoms with Crippen molar-refractivity contribution >= 4 is 21.9 Å². The molecule has 0 fully saturated rings. The van der Waals surface area contributed by atoms with Crippen LogP contribution in [0.5, 0.6) is 0 Å². The van der Waals surface area contributed by atoms with Crippen molar-refractivity contribution in [2.75, 3.05) is 0 Å². The second kappa shape index (κ2) is 12.4. The van der Waals surface area contributed by atoms with Gasteiger partial charge < -0.3 is 4.42 Å². The fourth-order valence-corrected chi connectivity index (χ4v) is 6.83. The van der Waals surface area contributed by atoms with Crippen LogP contribution in [0.3, 0.4) is 0 Å². The van der Waals surface area contributed by atoms with Crippen molar-refractivity contribution in [1.29, 1.82) is 0 Å². The van der Waals surface area contributed by atoms with Crippen LogP contribution in [-0.2, 0) is 0 Å². The number of hydrogen-bond donors (Lipinski definition) is 0. The van der Waals surface area contributed by atoms with E-state index in [4.69, 9.17) is 19.4 Å². The Morgan fingerprint density at radius 3 is 1.72 bits per heavy atom. The quantitative estimate of drug-likeness (QED) is 0.181. The lowest BCUT2D eigenvalue weighted by atomic mass is 9.95. The first-order valence-corrected chi connectivity index (χ1v) is 16.8. The second-order valence-corrected chi connectivity index (χ2v) is 12.5. The molecule has 4 heteroatoms. The number of hydrogen-bond acceptors (Lipinski definition) is 4. The third-order valence-electron chi connectivity index (χ3n) is 9.31. The fraction of sp³-hybridized carbons (Fsp3) is 0.0217. The van der Waals surface area contributed by atoms with E-state index in [1.165, 1.54) is 16.7 Å². The van der Waals surface area contributed by atoms with Crippen LogP contribution in [0.2, 0.25) is 0 Å². The lowest BCUT2D eigenvalue weighted by molar-refractivity contribution is 0.669. The second-order valence-electron chi connectivity index (χ2n) is 12.5. The van der Waals surface area contributed by atoms with Crippen LogP contribution in [0.4, 0.5) is 0 Å². The Kier molecular flexibility index (Phi) is 7.33. The summed E-state index contributed by atoms with van der Waals surface area (Å²) in [6, 6.07) is 58.6. The van der Waals surface area contributed by atoms with Gasteiger partial charge in [0.15, 0.2) is 17.5 Å². The highest BCUT2D eigenvalue weighted by Gasteiger charge is 2.18. The molecular weight excluding hydrogens is 611 g/mol. The first kappa shape index (κ1) is 29.5. The number of nitrogens with zero attached hydrogens (tertiary/aromatic N) is 3. The van der Waals surface area contributed by atoms with Crippen LogP contribution >= 0.6 is 0 Å². The average Bonchev–Trinajstić information content (AvgIpc) is 3.57. The minimum absolute atomic E-state index is 0.589. The number of fused-ring (bicyclic) bond motifs is 3. The Balaban J connectivity index is 1.19. The molecule has 0 aliphatic rings. The van der Waals surface area contributed by atoms with Gasteiger partial charge in [-0.15, -0.1) is 0 Å². The number of rotatable bonds is 6. The summed E-state index contributed by atoms with van der Waals surface area (Å²) in [5.41, 5.74) is 12.4. The smallest absolute Gasteiger partial charge is 0.164 e. The molecule has 0 aliphatic heterocycles. The summed E-state index contributed by atoms with van der Waals surface area (Å²) < 4.78 is 6.54. The van der Waals surface area contributed by atoms with Gasteiger partial charge in [0.1, 0.15) is 11.2 Å². The van der Waals surface area contributed by atoms with Crippen molar-refractivity contribution in [3.05, 3.63) is 175 Å². The first-order chi connectivity index (χ1) is 24.7. The van der Waals surface area contributed by atoms with Crippen molar-refractivity contribution in [2.24, 2.45) is 0 Å². The van der Waals surface area contributed by atoms with Crippen LogP contribution in [0.25, 0.3) is 89.5 Å². The molecule has 0 bridgehead atoms. The zero-order valence-electron chi connectivity index (χ0n) is 27.4. The minimum atomic E-state index is 0.589. The zero-order chi connectivity index (χ0) is 33.4. The zero-order valence-corrected chi connectivity index (χ0v) is 27.4. The molecule has 0 radical (unpaired) electrons. The maximum absolute atomic E-state index is 6.54. The molecule has 0 saturated carbocycles. The molecule has 236 valence electrons. The molecule has 4 nitrogen and oxygen atoms in total. The van der Waals surface area contributed by atoms with Gasteiger partial charge in [-0.2, -0.15) is 0 Å². The predicted molar refractivity (Wildman–Crippen MR) is 204 cm³/mol. The van der Waals surface area contributed by atoms with Crippen molar-refractivity contribution in [1.82, 2.24) is 15.0 Å². The lowest BCUT2D eigenvalue weighted by Gasteiger charge is -2.13. The number of benzene rings is 7. The van der Waals surface area contributed by atoms with Gasteiger partial charge in [-0.05, 0) is 70.1 Å². The minimum Gasteiger partial charge on any atom is -0.456 e. The fourth-order valence-electron chi connectivity index (χ4n) is 6.83. The van der Waals surface area contributed by atoms with E-state index < -0.39 is 0 Å². The third kappa shape index (κ3) is 5.33. The molecule has 0 aliphatic carbocycles. The molecule has 0 atom stereocenters. The molecule has 9 aromatic rings. The molecule has 0 N–H and O–H groups in total. The topological polar surface area (TPSA) is 51.8 Å². The van der Waals surface area contributed by atoms with Gasteiger partial charge in [0.2, 0.25) is 0 Å². The third-order valence-corrected chi connectivity index (χ3v) is 9.31. The number of aromatic nitrogens is 3. The average molecular weight is 642 g/mol. The molecule has 9 rings (SSSR count). The summed E-state index contributed by atoms with van der Waals surface area (Å²) >= 11 is 0. The maximum atomic E-state index is 6.54. The molecule has 0 unspecified atom stereocenters. The number of furan rings is 1. The SMILES string of the molecule is Cc1ccccc1-c1ccccc1-c1nc(-c2ccccc2)nc(-c2ccc3c(c2)oc2cccc(-c4cccc(-c5ccccc5)c4)c23)n1. The van der Waals surface area contributed by atoms with Crippen molar-refractivity contribution < 1.29 is 4.42 Å². The Morgan fingerprint density at radius 1 is 0.360 bits per heavy atom. The molecule has 50 heavy (non-hydrogen) atoms. The van der Waals surface area contributed by atoms with Crippen molar-refractivity contribution in [3.8, 4) is 67.5 Å². The van der Waals surface area contributed by atoms with E-state index in [2.05, 4.69) is 128 Å². The van der Waals surface area contributed by atoms with E-state index in [1.807, 2.05) is 48.5 Å². The van der Waals surface area contributed by atoms with Crippen LogP contribution in [0.15, 0.2) is 174 Å². The summed E-state index contributed by atoms with van der Waals surface area (Å²) in [4.78, 5) is 15.2. The highest BCUT2D eigenvalue weighted by atomic mass is 16.3. The Morgan fingerprint density at radius 2 is 0.940 bits per heavy atom. The van der Waals surface area contributed by atoms with E-state index in [9.17, 15) is 0 Å². The van der Waals surface area contributed by atoms with Gasteiger partial charge in [-0.3, -0.25) is 0 Å².